The van der Waals surface area contributed by atoms with Crippen LogP contribution in [-0.4, -0.2) is 48.0 Å². The summed E-state index contributed by atoms with van der Waals surface area (Å²) in [6.45, 7) is 6.78. The first-order valence-corrected chi connectivity index (χ1v) is 12.8. The van der Waals surface area contributed by atoms with Crippen LogP contribution in [0, 0.1) is 11.3 Å². The Morgan fingerprint density at radius 2 is 1.94 bits per heavy atom. The topological polar surface area (TPSA) is 122 Å². The molecule has 0 saturated heterocycles. The zero-order valence-electron chi connectivity index (χ0n) is 21.0. The van der Waals surface area contributed by atoms with Crippen molar-refractivity contribution in [1.82, 2.24) is 19.5 Å². The minimum atomic E-state index is -0.857. The van der Waals surface area contributed by atoms with Crippen molar-refractivity contribution in [3.05, 3.63) is 54.0 Å². The Morgan fingerprint density at radius 1 is 1.11 bits per heavy atom. The maximum atomic E-state index is 10.9. The van der Waals surface area contributed by atoms with Crippen LogP contribution in [0.4, 0.5) is 11.6 Å². The third-order valence-corrected chi connectivity index (χ3v) is 8.21. The van der Waals surface area contributed by atoms with Crippen molar-refractivity contribution in [2.24, 2.45) is 11.3 Å². The smallest absolute Gasteiger partial charge is 0.145 e. The van der Waals surface area contributed by atoms with Crippen molar-refractivity contribution in [3.8, 4) is 0 Å². The molecule has 1 aliphatic heterocycles. The number of aliphatic hydroxyl groups is 2. The zero-order valence-corrected chi connectivity index (χ0v) is 21.0. The van der Waals surface area contributed by atoms with Gasteiger partial charge in [-0.15, -0.1) is 0 Å². The van der Waals surface area contributed by atoms with Crippen LogP contribution in [0.25, 0.3) is 21.9 Å². The molecule has 0 radical (unpaired) electrons. The Hall–Kier alpha value is -3.23. The summed E-state index contributed by atoms with van der Waals surface area (Å²) in [6, 6.07) is 10.7. The van der Waals surface area contributed by atoms with Gasteiger partial charge in [0.1, 0.15) is 29.7 Å². The van der Waals surface area contributed by atoms with Gasteiger partial charge in [0.15, 0.2) is 0 Å². The molecule has 0 bridgehead atoms. The summed E-state index contributed by atoms with van der Waals surface area (Å²) in [5.41, 5.74) is 10.3. The lowest BCUT2D eigenvalue weighted by Gasteiger charge is -2.26. The van der Waals surface area contributed by atoms with Crippen molar-refractivity contribution >= 4 is 33.6 Å². The first kappa shape index (κ1) is 23.2. The van der Waals surface area contributed by atoms with Gasteiger partial charge in [-0.05, 0) is 66.3 Å². The number of aryl methyl sites for hydroxylation is 1. The lowest BCUT2D eigenvalue weighted by atomic mass is 9.85. The van der Waals surface area contributed by atoms with Crippen LogP contribution in [-0.2, 0) is 12.8 Å². The van der Waals surface area contributed by atoms with E-state index in [1.54, 1.807) is 0 Å². The Balaban J connectivity index is 1.18. The molecule has 6 rings (SSSR count). The number of nitrogen functional groups attached to an aromatic ring is 1. The number of benzene rings is 1. The fraction of sp³-hybridized carbons (Fsp3) is 0.464. The molecule has 8 heteroatoms. The van der Waals surface area contributed by atoms with Gasteiger partial charge in [-0.1, -0.05) is 32.9 Å². The number of aromatic nitrogens is 4. The average molecular weight is 487 g/mol. The van der Waals surface area contributed by atoms with Gasteiger partial charge in [-0.25, -0.2) is 15.0 Å². The van der Waals surface area contributed by atoms with Crippen molar-refractivity contribution in [1.29, 1.82) is 0 Å². The Labute approximate surface area is 210 Å². The van der Waals surface area contributed by atoms with Crippen LogP contribution in [0.3, 0.4) is 0 Å². The summed E-state index contributed by atoms with van der Waals surface area (Å²) in [4.78, 5) is 13.4. The Morgan fingerprint density at radius 3 is 2.75 bits per heavy atom. The highest BCUT2D eigenvalue weighted by molar-refractivity contribution is 5.86. The molecule has 1 aliphatic carbocycles. The number of pyridine rings is 1. The molecule has 8 nitrogen and oxygen atoms in total. The molecule has 3 aromatic heterocycles. The summed E-state index contributed by atoms with van der Waals surface area (Å²) in [7, 11) is 0. The molecule has 1 unspecified atom stereocenters. The first-order valence-electron chi connectivity index (χ1n) is 12.8. The largest absolute Gasteiger partial charge is 0.390 e. The summed E-state index contributed by atoms with van der Waals surface area (Å²) in [5.74, 6) is 1.41. The number of nitrogens with two attached hydrogens (primary N) is 1. The summed E-state index contributed by atoms with van der Waals surface area (Å²) >= 11 is 0. The molecule has 5 atom stereocenters. The minimum Gasteiger partial charge on any atom is -0.390 e. The number of nitrogens with one attached hydrogen (secondary N) is 1. The second kappa shape index (κ2) is 8.42. The normalized spacial score (nSPS) is 26.0. The number of fused-ring (bicyclic) bond motifs is 3. The monoisotopic (exact) mass is 486 g/mol. The number of rotatable bonds is 4. The van der Waals surface area contributed by atoms with E-state index in [0.29, 0.717) is 23.9 Å². The van der Waals surface area contributed by atoms with Crippen molar-refractivity contribution in [2.45, 2.75) is 70.7 Å². The van der Waals surface area contributed by atoms with Crippen molar-refractivity contribution in [3.63, 3.8) is 0 Å². The standard InChI is InChI=1S/C28H34N6O2/c1-28(2,3)22-13-18-11-16-6-4-15(10-20(16)32-26(18)33-22)5-7-17-12-21(24(36)23(17)35)34-9-8-19-25(29)30-14-31-27(19)34/h4,6,8-11,14,17,21-24,35-36H,5,7,12-13H2,1-3H3,(H,32,33)(H2,29,30,31)/t17-,21+,22?,23+,24-/m0/s1. The van der Waals surface area contributed by atoms with Gasteiger partial charge in [-0.2, -0.15) is 0 Å². The lowest BCUT2D eigenvalue weighted by molar-refractivity contribution is 0.00545. The molecular weight excluding hydrogens is 452 g/mol. The number of anilines is 2. The highest BCUT2D eigenvalue weighted by Gasteiger charge is 2.42. The van der Waals surface area contributed by atoms with Gasteiger partial charge in [0.2, 0.25) is 0 Å². The van der Waals surface area contributed by atoms with Gasteiger partial charge in [0, 0.05) is 17.6 Å². The maximum Gasteiger partial charge on any atom is 0.145 e. The van der Waals surface area contributed by atoms with E-state index in [2.05, 4.69) is 60.3 Å². The molecule has 4 heterocycles. The van der Waals surface area contributed by atoms with E-state index in [4.69, 9.17) is 10.7 Å². The van der Waals surface area contributed by atoms with E-state index in [0.717, 1.165) is 41.4 Å². The molecule has 5 N–H and O–H groups in total. The quantitative estimate of drug-likeness (QED) is 0.345. The van der Waals surface area contributed by atoms with E-state index in [-0.39, 0.29) is 17.4 Å². The second-order valence-corrected chi connectivity index (χ2v) is 11.6. The van der Waals surface area contributed by atoms with Gasteiger partial charge >= 0.3 is 0 Å². The van der Waals surface area contributed by atoms with Crippen LogP contribution in [0.2, 0.25) is 0 Å². The maximum absolute atomic E-state index is 10.9. The predicted octanol–water partition coefficient (Wildman–Crippen LogP) is 3.86. The van der Waals surface area contributed by atoms with Gasteiger partial charge in [0.25, 0.3) is 0 Å². The van der Waals surface area contributed by atoms with Gasteiger partial charge in [0.05, 0.1) is 23.0 Å². The highest BCUT2D eigenvalue weighted by atomic mass is 16.3. The summed E-state index contributed by atoms with van der Waals surface area (Å²) < 4.78 is 1.93. The summed E-state index contributed by atoms with van der Waals surface area (Å²) in [5, 5.41) is 27.3. The molecular formula is C28H34N6O2. The highest BCUT2D eigenvalue weighted by Crippen LogP contribution is 2.40. The second-order valence-electron chi connectivity index (χ2n) is 11.6. The predicted molar refractivity (Wildman–Crippen MR) is 142 cm³/mol. The van der Waals surface area contributed by atoms with E-state index >= 15 is 0 Å². The van der Waals surface area contributed by atoms with Crippen molar-refractivity contribution in [2.75, 3.05) is 11.1 Å². The molecule has 188 valence electrons. The third-order valence-electron chi connectivity index (χ3n) is 8.21. The Bertz CT molecular complexity index is 1440. The van der Waals surface area contributed by atoms with Gasteiger partial charge in [-0.3, -0.25) is 0 Å². The fourth-order valence-electron chi connectivity index (χ4n) is 5.92. The molecule has 1 saturated carbocycles. The zero-order chi connectivity index (χ0) is 25.2. The molecule has 1 aromatic carbocycles. The number of nitrogens with zero attached hydrogens (tertiary/aromatic N) is 4. The molecule has 2 aliphatic rings. The van der Waals surface area contributed by atoms with E-state index in [1.807, 2.05) is 16.8 Å². The van der Waals surface area contributed by atoms with Gasteiger partial charge < -0.3 is 25.8 Å². The van der Waals surface area contributed by atoms with Crippen LogP contribution < -0.4 is 11.1 Å². The number of hydrogen-bond acceptors (Lipinski definition) is 7. The molecule has 4 aromatic rings. The van der Waals surface area contributed by atoms with Crippen molar-refractivity contribution < 1.29 is 10.2 Å². The molecule has 36 heavy (non-hydrogen) atoms. The SMILES string of the molecule is CC(C)(C)C1Cc2cc3ccc(CC[C@H]4C[C@@H](n5ccc6c(N)ncnc65)[C@H](O)[C@@H]4O)cc3nc2N1. The first-order chi connectivity index (χ1) is 17.2. The minimum absolute atomic E-state index is 0.0143. The number of aliphatic hydroxyl groups excluding tert-OH is 2. The average Bonchev–Trinajstić information content (AvgIpc) is 3.53. The molecule has 0 amide bonds. The molecule has 1 fully saturated rings. The van der Waals surface area contributed by atoms with Crippen LogP contribution >= 0.6 is 0 Å². The van der Waals surface area contributed by atoms with Crippen LogP contribution in [0.15, 0.2) is 42.9 Å². The fourth-order valence-corrected chi connectivity index (χ4v) is 5.92. The van der Waals surface area contributed by atoms with E-state index < -0.39 is 12.2 Å². The van der Waals surface area contributed by atoms with Crippen LogP contribution in [0.5, 0.6) is 0 Å². The molecule has 0 spiro atoms. The summed E-state index contributed by atoms with van der Waals surface area (Å²) in [6.07, 6.45) is 4.95. The Kier molecular flexibility index (Phi) is 5.42. The third kappa shape index (κ3) is 3.89. The van der Waals surface area contributed by atoms with Crippen LogP contribution in [0.1, 0.15) is 50.8 Å². The lowest BCUT2D eigenvalue weighted by Crippen LogP contribution is -2.31. The number of hydrogen-bond donors (Lipinski definition) is 4. The van der Waals surface area contributed by atoms with E-state index in [1.165, 1.54) is 17.5 Å². The van der Waals surface area contributed by atoms with E-state index in [9.17, 15) is 10.2 Å².